The molecule has 0 unspecified atom stereocenters. The fourth-order valence-electron chi connectivity index (χ4n) is 2.03. The van der Waals surface area contributed by atoms with E-state index in [2.05, 4.69) is 10.6 Å². The summed E-state index contributed by atoms with van der Waals surface area (Å²) in [6.07, 6.45) is 0. The number of para-hydroxylation sites is 1. The molecule has 0 atom stereocenters. The van der Waals surface area contributed by atoms with Gasteiger partial charge in [-0.2, -0.15) is 0 Å². The molecular formula is C18H19N3O3. The molecular weight excluding hydrogens is 306 g/mol. The zero-order chi connectivity index (χ0) is 17.7. The Balaban J connectivity index is 2.19. The van der Waals surface area contributed by atoms with Crippen molar-refractivity contribution in [1.82, 2.24) is 0 Å². The van der Waals surface area contributed by atoms with Crippen molar-refractivity contribution in [2.24, 2.45) is 11.7 Å². The number of hydrogen-bond acceptors (Lipinski definition) is 3. The number of amides is 3. The highest BCUT2D eigenvalue weighted by Crippen LogP contribution is 2.17. The Morgan fingerprint density at radius 2 is 1.67 bits per heavy atom. The number of carbonyl (C=O) groups excluding carboxylic acids is 3. The minimum atomic E-state index is -0.621. The summed E-state index contributed by atoms with van der Waals surface area (Å²) in [4.78, 5) is 35.5. The SMILES string of the molecule is CC(C)C(=O)Nc1cccc(C(=O)Nc2ccccc2C(N)=O)c1. The van der Waals surface area contributed by atoms with E-state index in [9.17, 15) is 14.4 Å². The number of carbonyl (C=O) groups is 3. The lowest BCUT2D eigenvalue weighted by atomic mass is 10.1. The summed E-state index contributed by atoms with van der Waals surface area (Å²) < 4.78 is 0. The van der Waals surface area contributed by atoms with Gasteiger partial charge >= 0.3 is 0 Å². The molecule has 6 heteroatoms. The van der Waals surface area contributed by atoms with Crippen LogP contribution in [0, 0.1) is 5.92 Å². The first kappa shape index (κ1) is 17.2. The summed E-state index contributed by atoms with van der Waals surface area (Å²) in [7, 11) is 0. The third-order valence-corrected chi connectivity index (χ3v) is 3.36. The maximum atomic E-state index is 12.4. The van der Waals surface area contributed by atoms with Crippen LogP contribution in [0.5, 0.6) is 0 Å². The molecule has 0 saturated carbocycles. The molecule has 0 fully saturated rings. The first-order chi connectivity index (χ1) is 11.4. The fraction of sp³-hybridized carbons (Fsp3) is 0.167. The summed E-state index contributed by atoms with van der Waals surface area (Å²) >= 11 is 0. The molecule has 24 heavy (non-hydrogen) atoms. The van der Waals surface area contributed by atoms with Gasteiger partial charge in [-0.1, -0.05) is 32.0 Å². The second-order valence-electron chi connectivity index (χ2n) is 5.59. The molecule has 124 valence electrons. The van der Waals surface area contributed by atoms with Crippen LogP contribution in [0.3, 0.4) is 0 Å². The molecule has 4 N–H and O–H groups in total. The number of nitrogens with two attached hydrogens (primary N) is 1. The van der Waals surface area contributed by atoms with Crippen molar-refractivity contribution in [2.45, 2.75) is 13.8 Å². The molecule has 0 aliphatic carbocycles. The third-order valence-electron chi connectivity index (χ3n) is 3.36. The van der Waals surface area contributed by atoms with Crippen LogP contribution in [0.1, 0.15) is 34.6 Å². The van der Waals surface area contributed by atoms with Gasteiger partial charge in [0.1, 0.15) is 0 Å². The second kappa shape index (κ2) is 7.41. The smallest absolute Gasteiger partial charge is 0.255 e. The second-order valence-corrected chi connectivity index (χ2v) is 5.59. The minimum Gasteiger partial charge on any atom is -0.366 e. The summed E-state index contributed by atoms with van der Waals surface area (Å²) in [6.45, 7) is 3.57. The number of benzene rings is 2. The number of nitrogens with one attached hydrogen (secondary N) is 2. The van der Waals surface area contributed by atoms with Crippen molar-refractivity contribution >= 4 is 29.1 Å². The molecule has 6 nitrogen and oxygen atoms in total. The fourth-order valence-corrected chi connectivity index (χ4v) is 2.03. The molecule has 3 amide bonds. The topological polar surface area (TPSA) is 101 Å². The Labute approximate surface area is 140 Å². The van der Waals surface area contributed by atoms with Gasteiger partial charge < -0.3 is 16.4 Å². The van der Waals surface area contributed by atoms with Gasteiger partial charge in [0.25, 0.3) is 11.8 Å². The van der Waals surface area contributed by atoms with Crippen LogP contribution in [-0.4, -0.2) is 17.7 Å². The van der Waals surface area contributed by atoms with Crippen LogP contribution in [0.25, 0.3) is 0 Å². The monoisotopic (exact) mass is 325 g/mol. The highest BCUT2D eigenvalue weighted by atomic mass is 16.2. The molecule has 0 aliphatic rings. The van der Waals surface area contributed by atoms with Gasteiger partial charge in [-0.05, 0) is 30.3 Å². The number of rotatable bonds is 5. The molecule has 0 heterocycles. The van der Waals surface area contributed by atoms with Crippen molar-refractivity contribution in [3.05, 3.63) is 59.7 Å². The zero-order valence-electron chi connectivity index (χ0n) is 13.5. The van der Waals surface area contributed by atoms with Crippen molar-refractivity contribution in [3.63, 3.8) is 0 Å². The van der Waals surface area contributed by atoms with Crippen LogP contribution in [-0.2, 0) is 4.79 Å². The van der Waals surface area contributed by atoms with Gasteiger partial charge in [0.2, 0.25) is 5.91 Å². The average molecular weight is 325 g/mol. The quantitative estimate of drug-likeness (QED) is 0.787. The Morgan fingerprint density at radius 1 is 0.958 bits per heavy atom. The Morgan fingerprint density at radius 3 is 2.33 bits per heavy atom. The van der Waals surface area contributed by atoms with Crippen LogP contribution < -0.4 is 16.4 Å². The molecule has 2 aromatic carbocycles. The van der Waals surface area contributed by atoms with E-state index in [4.69, 9.17) is 5.73 Å². The van der Waals surface area contributed by atoms with Crippen LogP contribution >= 0.6 is 0 Å². The molecule has 0 saturated heterocycles. The van der Waals surface area contributed by atoms with E-state index < -0.39 is 11.8 Å². The van der Waals surface area contributed by atoms with E-state index >= 15 is 0 Å². The van der Waals surface area contributed by atoms with Gasteiger partial charge in [0, 0.05) is 17.2 Å². The highest BCUT2D eigenvalue weighted by molar-refractivity contribution is 6.09. The van der Waals surface area contributed by atoms with Crippen LogP contribution in [0.4, 0.5) is 11.4 Å². The Hall–Kier alpha value is -3.15. The lowest BCUT2D eigenvalue weighted by Crippen LogP contribution is -2.19. The molecule has 0 spiro atoms. The normalized spacial score (nSPS) is 10.3. The molecule has 0 aliphatic heterocycles. The third kappa shape index (κ3) is 4.19. The first-order valence-electron chi connectivity index (χ1n) is 7.49. The Kier molecular flexibility index (Phi) is 5.31. The zero-order valence-corrected chi connectivity index (χ0v) is 13.5. The lowest BCUT2D eigenvalue weighted by Gasteiger charge is -2.11. The Bertz CT molecular complexity index is 785. The largest absolute Gasteiger partial charge is 0.366 e. The average Bonchev–Trinajstić information content (AvgIpc) is 2.55. The summed E-state index contributed by atoms with van der Waals surface area (Å²) in [5, 5.41) is 5.40. The van der Waals surface area contributed by atoms with E-state index in [0.717, 1.165) is 0 Å². The van der Waals surface area contributed by atoms with Gasteiger partial charge in [0.15, 0.2) is 0 Å². The lowest BCUT2D eigenvalue weighted by molar-refractivity contribution is -0.118. The summed E-state index contributed by atoms with van der Waals surface area (Å²) in [6, 6.07) is 13.1. The van der Waals surface area contributed by atoms with Gasteiger partial charge in [-0.15, -0.1) is 0 Å². The number of hydrogen-bond donors (Lipinski definition) is 3. The molecule has 0 aromatic heterocycles. The maximum Gasteiger partial charge on any atom is 0.255 e. The van der Waals surface area contributed by atoms with Crippen LogP contribution in [0.2, 0.25) is 0 Å². The number of anilines is 2. The first-order valence-corrected chi connectivity index (χ1v) is 7.49. The summed E-state index contributed by atoms with van der Waals surface area (Å²) in [5.41, 5.74) is 6.76. The number of primary amides is 1. The van der Waals surface area contributed by atoms with Gasteiger partial charge in [-0.25, -0.2) is 0 Å². The van der Waals surface area contributed by atoms with Gasteiger partial charge in [0.05, 0.1) is 11.3 Å². The maximum absolute atomic E-state index is 12.4. The van der Waals surface area contributed by atoms with Crippen molar-refractivity contribution in [2.75, 3.05) is 10.6 Å². The van der Waals surface area contributed by atoms with Crippen LogP contribution in [0.15, 0.2) is 48.5 Å². The minimum absolute atomic E-state index is 0.133. The predicted octanol–water partition coefficient (Wildman–Crippen LogP) is 2.63. The van der Waals surface area contributed by atoms with Crippen molar-refractivity contribution < 1.29 is 14.4 Å². The summed E-state index contributed by atoms with van der Waals surface area (Å²) in [5.74, 6) is -1.32. The van der Waals surface area contributed by atoms with E-state index in [1.165, 1.54) is 6.07 Å². The van der Waals surface area contributed by atoms with E-state index in [0.29, 0.717) is 16.9 Å². The molecule has 2 rings (SSSR count). The molecule has 0 radical (unpaired) electrons. The van der Waals surface area contributed by atoms with E-state index in [1.807, 2.05) is 0 Å². The molecule has 2 aromatic rings. The van der Waals surface area contributed by atoms with E-state index in [1.54, 1.807) is 56.3 Å². The van der Waals surface area contributed by atoms with E-state index in [-0.39, 0.29) is 17.4 Å². The van der Waals surface area contributed by atoms with Crippen molar-refractivity contribution in [1.29, 1.82) is 0 Å². The van der Waals surface area contributed by atoms with Crippen molar-refractivity contribution in [3.8, 4) is 0 Å². The highest BCUT2D eigenvalue weighted by Gasteiger charge is 2.13. The standard InChI is InChI=1S/C18H19N3O3/c1-11(2)17(23)20-13-7-5-6-12(10-13)18(24)21-15-9-4-3-8-14(15)16(19)22/h3-11H,1-2H3,(H2,19,22)(H,20,23)(H,21,24). The predicted molar refractivity (Wildman–Crippen MR) is 92.8 cm³/mol. The van der Waals surface area contributed by atoms with Gasteiger partial charge in [-0.3, -0.25) is 14.4 Å². The molecule has 0 bridgehead atoms.